The fourth-order valence-corrected chi connectivity index (χ4v) is 1.96. The van der Waals surface area contributed by atoms with Gasteiger partial charge in [0.15, 0.2) is 0 Å². The van der Waals surface area contributed by atoms with E-state index in [2.05, 4.69) is 11.1 Å². The SMILES string of the molecule is CC(CC#N)N(C)C(=O)c1cc(N)c2ccccc2n1. The number of hydrogen-bond donors (Lipinski definition) is 1. The molecule has 1 aromatic carbocycles. The van der Waals surface area contributed by atoms with Gasteiger partial charge in [0.05, 0.1) is 18.0 Å². The molecule has 2 rings (SSSR count). The normalized spacial score (nSPS) is 11.8. The lowest BCUT2D eigenvalue weighted by Gasteiger charge is -2.22. The molecule has 0 aliphatic rings. The van der Waals surface area contributed by atoms with Crippen LogP contribution in [0.1, 0.15) is 23.8 Å². The summed E-state index contributed by atoms with van der Waals surface area (Å²) < 4.78 is 0. The Kier molecular flexibility index (Phi) is 3.85. The van der Waals surface area contributed by atoms with Crippen LogP contribution in [-0.4, -0.2) is 28.9 Å². The van der Waals surface area contributed by atoms with Crippen LogP contribution in [0.25, 0.3) is 10.9 Å². The predicted molar refractivity (Wildman–Crippen MR) is 77.9 cm³/mol. The van der Waals surface area contributed by atoms with Crippen LogP contribution in [-0.2, 0) is 0 Å². The first-order valence-electron chi connectivity index (χ1n) is 6.34. The second-order valence-electron chi connectivity index (χ2n) is 4.74. The highest BCUT2D eigenvalue weighted by molar-refractivity contribution is 5.99. The summed E-state index contributed by atoms with van der Waals surface area (Å²) in [7, 11) is 1.66. The van der Waals surface area contributed by atoms with E-state index < -0.39 is 0 Å². The topological polar surface area (TPSA) is 83.0 Å². The van der Waals surface area contributed by atoms with E-state index in [1.807, 2.05) is 31.2 Å². The predicted octanol–water partition coefficient (Wildman–Crippen LogP) is 2.19. The van der Waals surface area contributed by atoms with Gasteiger partial charge >= 0.3 is 0 Å². The summed E-state index contributed by atoms with van der Waals surface area (Å²) in [6.07, 6.45) is 0.283. The molecule has 2 aromatic rings. The van der Waals surface area contributed by atoms with Crippen molar-refractivity contribution in [1.29, 1.82) is 5.26 Å². The molecule has 2 N–H and O–H groups in total. The third-order valence-corrected chi connectivity index (χ3v) is 3.34. The van der Waals surface area contributed by atoms with Crippen molar-refractivity contribution in [3.63, 3.8) is 0 Å². The molecule has 1 aromatic heterocycles. The molecule has 20 heavy (non-hydrogen) atoms. The first-order chi connectivity index (χ1) is 9.54. The van der Waals surface area contributed by atoms with E-state index in [0.717, 1.165) is 5.39 Å². The number of rotatable bonds is 3. The molecule has 0 aliphatic heterocycles. The van der Waals surface area contributed by atoms with Gasteiger partial charge in [0.2, 0.25) is 0 Å². The molecule has 0 saturated heterocycles. The molecule has 5 nitrogen and oxygen atoms in total. The minimum Gasteiger partial charge on any atom is -0.398 e. The third-order valence-electron chi connectivity index (χ3n) is 3.34. The summed E-state index contributed by atoms with van der Waals surface area (Å²) in [6, 6.07) is 10.9. The molecule has 0 saturated carbocycles. The lowest BCUT2D eigenvalue weighted by Crippen LogP contribution is -2.35. The number of nitriles is 1. The fourth-order valence-electron chi connectivity index (χ4n) is 1.96. The summed E-state index contributed by atoms with van der Waals surface area (Å²) >= 11 is 0. The molecule has 1 unspecified atom stereocenters. The highest BCUT2D eigenvalue weighted by atomic mass is 16.2. The zero-order valence-corrected chi connectivity index (χ0v) is 11.5. The molecule has 1 heterocycles. The Balaban J connectivity index is 2.38. The molecule has 1 atom stereocenters. The van der Waals surface area contributed by atoms with Crippen LogP contribution < -0.4 is 5.73 Å². The number of para-hydroxylation sites is 1. The van der Waals surface area contributed by atoms with Gasteiger partial charge in [-0.1, -0.05) is 18.2 Å². The van der Waals surface area contributed by atoms with E-state index in [-0.39, 0.29) is 18.4 Å². The van der Waals surface area contributed by atoms with E-state index in [1.54, 1.807) is 13.1 Å². The number of nitrogen functional groups attached to an aromatic ring is 1. The number of benzene rings is 1. The number of carbonyl (C=O) groups excluding carboxylic acids is 1. The number of amides is 1. The molecule has 0 fully saturated rings. The number of hydrogen-bond acceptors (Lipinski definition) is 4. The Morgan fingerprint density at radius 3 is 2.90 bits per heavy atom. The molecule has 5 heteroatoms. The lowest BCUT2D eigenvalue weighted by atomic mass is 10.1. The van der Waals surface area contributed by atoms with Gasteiger partial charge in [0.1, 0.15) is 5.69 Å². The Hall–Kier alpha value is -2.61. The van der Waals surface area contributed by atoms with E-state index in [1.165, 1.54) is 4.90 Å². The van der Waals surface area contributed by atoms with Crippen molar-refractivity contribution in [3.8, 4) is 6.07 Å². The van der Waals surface area contributed by atoms with Crippen LogP contribution in [0.4, 0.5) is 5.69 Å². The van der Waals surface area contributed by atoms with Gasteiger partial charge in [-0.2, -0.15) is 5.26 Å². The second-order valence-corrected chi connectivity index (χ2v) is 4.74. The molecule has 0 spiro atoms. The first-order valence-corrected chi connectivity index (χ1v) is 6.34. The summed E-state index contributed by atoms with van der Waals surface area (Å²) in [5, 5.41) is 9.53. The monoisotopic (exact) mass is 268 g/mol. The quantitative estimate of drug-likeness (QED) is 0.924. The average Bonchev–Trinajstić information content (AvgIpc) is 2.46. The molecule has 102 valence electrons. The largest absolute Gasteiger partial charge is 0.398 e. The van der Waals surface area contributed by atoms with E-state index in [4.69, 9.17) is 11.0 Å². The number of fused-ring (bicyclic) bond motifs is 1. The number of anilines is 1. The lowest BCUT2D eigenvalue weighted by molar-refractivity contribution is 0.0741. The van der Waals surface area contributed by atoms with Crippen LogP contribution >= 0.6 is 0 Å². The van der Waals surface area contributed by atoms with Crippen LogP contribution in [0, 0.1) is 11.3 Å². The first kappa shape index (κ1) is 13.8. The number of nitrogens with zero attached hydrogens (tertiary/aromatic N) is 3. The van der Waals surface area contributed by atoms with Gasteiger partial charge in [-0.3, -0.25) is 4.79 Å². The summed E-state index contributed by atoms with van der Waals surface area (Å²) in [4.78, 5) is 18.2. The standard InChI is InChI=1S/C15H16N4O/c1-10(7-8-16)19(2)15(20)14-9-12(17)11-5-3-4-6-13(11)18-14/h3-6,9-10H,7H2,1-2H3,(H2,17,18). The molecule has 0 bridgehead atoms. The highest BCUT2D eigenvalue weighted by Gasteiger charge is 2.19. The number of nitrogens with two attached hydrogens (primary N) is 1. The second kappa shape index (κ2) is 5.57. The van der Waals surface area contributed by atoms with Crippen molar-refractivity contribution in [1.82, 2.24) is 9.88 Å². The van der Waals surface area contributed by atoms with Crippen molar-refractivity contribution in [3.05, 3.63) is 36.0 Å². The third kappa shape index (κ3) is 2.54. The molecule has 0 aliphatic carbocycles. The van der Waals surface area contributed by atoms with Gasteiger partial charge in [-0.25, -0.2) is 4.98 Å². The maximum absolute atomic E-state index is 12.4. The van der Waals surface area contributed by atoms with Gasteiger partial charge < -0.3 is 10.6 Å². The van der Waals surface area contributed by atoms with Crippen molar-refractivity contribution in [2.24, 2.45) is 0 Å². The van der Waals surface area contributed by atoms with Gasteiger partial charge in [0.25, 0.3) is 5.91 Å². The number of carbonyl (C=O) groups is 1. The minimum atomic E-state index is -0.231. The summed E-state index contributed by atoms with van der Waals surface area (Å²) in [6.45, 7) is 1.82. The average molecular weight is 268 g/mol. The van der Waals surface area contributed by atoms with Crippen molar-refractivity contribution in [2.45, 2.75) is 19.4 Å². The smallest absolute Gasteiger partial charge is 0.272 e. The Morgan fingerprint density at radius 1 is 1.50 bits per heavy atom. The van der Waals surface area contributed by atoms with Gasteiger partial charge in [-0.15, -0.1) is 0 Å². The summed E-state index contributed by atoms with van der Waals surface area (Å²) in [5.74, 6) is -0.231. The van der Waals surface area contributed by atoms with E-state index in [0.29, 0.717) is 16.9 Å². The maximum atomic E-state index is 12.4. The van der Waals surface area contributed by atoms with Crippen molar-refractivity contribution in [2.75, 3.05) is 12.8 Å². The molecular weight excluding hydrogens is 252 g/mol. The highest BCUT2D eigenvalue weighted by Crippen LogP contribution is 2.21. The minimum absolute atomic E-state index is 0.165. The maximum Gasteiger partial charge on any atom is 0.272 e. The van der Waals surface area contributed by atoms with Crippen LogP contribution in [0.2, 0.25) is 0 Å². The van der Waals surface area contributed by atoms with Crippen molar-refractivity contribution < 1.29 is 4.79 Å². The molecular formula is C15H16N4O. The number of pyridine rings is 1. The summed E-state index contributed by atoms with van der Waals surface area (Å²) in [5.41, 5.74) is 7.49. The zero-order valence-electron chi connectivity index (χ0n) is 11.5. The number of aromatic nitrogens is 1. The fraction of sp³-hybridized carbons (Fsp3) is 0.267. The zero-order chi connectivity index (χ0) is 14.7. The van der Waals surface area contributed by atoms with Crippen molar-refractivity contribution >= 4 is 22.5 Å². The Morgan fingerprint density at radius 2 is 2.20 bits per heavy atom. The van der Waals surface area contributed by atoms with E-state index in [9.17, 15) is 4.79 Å². The molecule has 0 radical (unpaired) electrons. The Bertz CT molecular complexity index is 690. The van der Waals surface area contributed by atoms with Gasteiger partial charge in [0, 0.05) is 24.2 Å². The van der Waals surface area contributed by atoms with E-state index >= 15 is 0 Å². The Labute approximate surface area is 117 Å². The van der Waals surface area contributed by atoms with Crippen LogP contribution in [0.5, 0.6) is 0 Å². The van der Waals surface area contributed by atoms with Gasteiger partial charge in [-0.05, 0) is 19.1 Å². The van der Waals surface area contributed by atoms with Crippen LogP contribution in [0.3, 0.4) is 0 Å². The molecule has 1 amide bonds. The van der Waals surface area contributed by atoms with Crippen LogP contribution in [0.15, 0.2) is 30.3 Å².